The van der Waals surface area contributed by atoms with Crippen molar-refractivity contribution in [1.82, 2.24) is 10.2 Å². The van der Waals surface area contributed by atoms with Crippen LogP contribution in [0.2, 0.25) is 0 Å². The van der Waals surface area contributed by atoms with Crippen molar-refractivity contribution in [3.05, 3.63) is 66.2 Å². The van der Waals surface area contributed by atoms with Crippen molar-refractivity contribution in [1.29, 1.82) is 0 Å². The normalized spacial score (nSPS) is 16.4. The number of alkyl halides is 3. The zero-order chi connectivity index (χ0) is 23.4. The molecule has 9 heteroatoms. The Hall–Kier alpha value is -3.62. The molecule has 1 aliphatic rings. The minimum absolute atomic E-state index is 0.226. The van der Waals surface area contributed by atoms with Crippen LogP contribution < -0.4 is 15.0 Å². The molecule has 3 aromatic rings. The molecule has 0 spiro atoms. The van der Waals surface area contributed by atoms with Crippen molar-refractivity contribution >= 4 is 17.4 Å². The third-order valence-electron chi connectivity index (χ3n) is 5.64. The number of amides is 1. The molecule has 2 heterocycles. The second-order valence-corrected chi connectivity index (χ2v) is 7.82. The molecule has 6 nitrogen and oxygen atoms in total. The Bertz CT molecular complexity index is 1100. The second-order valence-electron chi connectivity index (χ2n) is 7.82. The van der Waals surface area contributed by atoms with Crippen molar-refractivity contribution in [2.45, 2.75) is 19.0 Å². The van der Waals surface area contributed by atoms with E-state index < -0.39 is 23.6 Å². The van der Waals surface area contributed by atoms with Crippen LogP contribution in [-0.4, -0.2) is 36.3 Å². The van der Waals surface area contributed by atoms with E-state index in [-0.39, 0.29) is 5.69 Å². The average Bonchev–Trinajstić information content (AvgIpc) is 2.84. The zero-order valence-electron chi connectivity index (χ0n) is 18.0. The van der Waals surface area contributed by atoms with Gasteiger partial charge in [0.25, 0.3) is 0 Å². The summed E-state index contributed by atoms with van der Waals surface area (Å²) in [5.41, 5.74) is 0.521. The maximum absolute atomic E-state index is 13.2. The molecule has 1 amide bonds. The summed E-state index contributed by atoms with van der Waals surface area (Å²) in [6.07, 6.45) is -3.22. The molecule has 0 aliphatic carbocycles. The third kappa shape index (κ3) is 5.24. The van der Waals surface area contributed by atoms with Gasteiger partial charge in [-0.3, -0.25) is 4.79 Å². The van der Waals surface area contributed by atoms with Crippen LogP contribution in [-0.2, 0) is 11.0 Å². The van der Waals surface area contributed by atoms with Crippen molar-refractivity contribution in [3.63, 3.8) is 0 Å². The second kappa shape index (κ2) is 9.48. The Balaban J connectivity index is 1.44. The lowest BCUT2D eigenvalue weighted by atomic mass is 9.96. The molecule has 0 radical (unpaired) electrons. The molecule has 0 bridgehead atoms. The van der Waals surface area contributed by atoms with Crippen molar-refractivity contribution in [2.24, 2.45) is 5.92 Å². The van der Waals surface area contributed by atoms with Gasteiger partial charge in [0.05, 0.1) is 30.0 Å². The number of methoxy groups -OCH3 is 1. The van der Waals surface area contributed by atoms with Crippen LogP contribution in [0.1, 0.15) is 18.4 Å². The molecular formula is C24H23F3N4O2. The van der Waals surface area contributed by atoms with E-state index in [1.165, 1.54) is 18.2 Å². The first-order valence-corrected chi connectivity index (χ1v) is 10.6. The number of ether oxygens (including phenoxy) is 1. The predicted octanol–water partition coefficient (Wildman–Crippen LogP) is 5.03. The smallest absolute Gasteiger partial charge is 0.418 e. The predicted molar refractivity (Wildman–Crippen MR) is 119 cm³/mol. The highest BCUT2D eigenvalue weighted by atomic mass is 19.4. The molecule has 1 saturated heterocycles. The van der Waals surface area contributed by atoms with Gasteiger partial charge >= 0.3 is 6.18 Å². The summed E-state index contributed by atoms with van der Waals surface area (Å²) in [4.78, 5) is 14.7. The van der Waals surface area contributed by atoms with E-state index in [1.807, 2.05) is 41.3 Å². The molecule has 1 atom stereocenters. The van der Waals surface area contributed by atoms with Crippen LogP contribution in [0.5, 0.6) is 5.75 Å². The van der Waals surface area contributed by atoms with Crippen LogP contribution in [0.3, 0.4) is 0 Å². The summed E-state index contributed by atoms with van der Waals surface area (Å²) in [6.45, 7) is 1.05. The number of benzene rings is 2. The molecule has 0 saturated carbocycles. The number of hydrogen-bond acceptors (Lipinski definition) is 5. The molecule has 1 aliphatic heterocycles. The number of hydrogen-bond donors (Lipinski definition) is 1. The number of anilines is 2. The minimum atomic E-state index is -4.54. The van der Waals surface area contributed by atoms with Crippen molar-refractivity contribution < 1.29 is 22.7 Å². The zero-order valence-corrected chi connectivity index (χ0v) is 18.0. The lowest BCUT2D eigenvalue weighted by Crippen LogP contribution is -2.41. The van der Waals surface area contributed by atoms with E-state index in [9.17, 15) is 18.0 Å². The van der Waals surface area contributed by atoms with Crippen LogP contribution in [0.25, 0.3) is 11.3 Å². The van der Waals surface area contributed by atoms with E-state index in [1.54, 1.807) is 7.11 Å². The van der Waals surface area contributed by atoms with Gasteiger partial charge in [0.2, 0.25) is 5.91 Å². The number of aromatic nitrogens is 2. The average molecular weight is 456 g/mol. The van der Waals surface area contributed by atoms with Crippen LogP contribution in [0.15, 0.2) is 60.7 Å². The van der Waals surface area contributed by atoms with Crippen LogP contribution in [0.4, 0.5) is 24.7 Å². The number of carbonyl (C=O) groups excluding carboxylic acids is 1. The Morgan fingerprint density at radius 2 is 1.82 bits per heavy atom. The Morgan fingerprint density at radius 1 is 1.06 bits per heavy atom. The summed E-state index contributed by atoms with van der Waals surface area (Å²) >= 11 is 0. The lowest BCUT2D eigenvalue weighted by Gasteiger charge is -2.32. The first-order valence-electron chi connectivity index (χ1n) is 10.6. The monoisotopic (exact) mass is 456 g/mol. The van der Waals surface area contributed by atoms with Gasteiger partial charge in [-0.25, -0.2) is 0 Å². The number of nitrogens with one attached hydrogen (secondary N) is 1. The summed E-state index contributed by atoms with van der Waals surface area (Å²) in [5, 5.41) is 11.1. The molecule has 4 rings (SSSR count). The number of halogens is 3. The van der Waals surface area contributed by atoms with Gasteiger partial charge in [-0.05, 0) is 61.4 Å². The first-order chi connectivity index (χ1) is 15.8. The van der Waals surface area contributed by atoms with E-state index in [2.05, 4.69) is 15.5 Å². The number of piperidine rings is 1. The Morgan fingerprint density at radius 3 is 2.48 bits per heavy atom. The quantitative estimate of drug-likeness (QED) is 0.584. The van der Waals surface area contributed by atoms with Crippen molar-refractivity contribution in [2.75, 3.05) is 30.4 Å². The van der Waals surface area contributed by atoms with Gasteiger partial charge in [-0.15, -0.1) is 10.2 Å². The third-order valence-corrected chi connectivity index (χ3v) is 5.64. The first kappa shape index (κ1) is 22.6. The topological polar surface area (TPSA) is 67.3 Å². The van der Waals surface area contributed by atoms with E-state index >= 15 is 0 Å². The number of carbonyl (C=O) groups is 1. The van der Waals surface area contributed by atoms with Gasteiger partial charge in [0.15, 0.2) is 5.82 Å². The largest absolute Gasteiger partial charge is 0.497 e. The SMILES string of the molecule is COc1ccc(-c2ccc(N3CCCC(C(=O)Nc4ccccc4C(F)(F)F)C3)nn2)cc1. The molecule has 33 heavy (non-hydrogen) atoms. The standard InChI is InChI=1S/C24H23F3N4O2/c1-33-18-10-8-16(9-11-18)20-12-13-22(30-29-20)31-14-4-5-17(15-31)23(32)28-21-7-3-2-6-19(21)24(25,26)27/h2-3,6-13,17H,4-5,14-15H2,1H3,(H,28,32). The van der Waals surface area contributed by atoms with Gasteiger partial charge in [0.1, 0.15) is 5.75 Å². The summed E-state index contributed by atoms with van der Waals surface area (Å²) in [5.74, 6) is 0.488. The fraction of sp³-hybridized carbons (Fsp3) is 0.292. The van der Waals surface area contributed by atoms with E-state index in [0.717, 1.165) is 23.8 Å². The van der Waals surface area contributed by atoms with Crippen LogP contribution in [0, 0.1) is 5.92 Å². The van der Waals surface area contributed by atoms with Gasteiger partial charge in [-0.2, -0.15) is 13.2 Å². The number of para-hydroxylation sites is 1. The fourth-order valence-corrected chi connectivity index (χ4v) is 3.88. The van der Waals surface area contributed by atoms with Crippen molar-refractivity contribution in [3.8, 4) is 17.0 Å². The Kier molecular flexibility index (Phi) is 6.48. The number of rotatable bonds is 5. The van der Waals surface area contributed by atoms with Gasteiger partial charge in [0, 0.05) is 18.7 Å². The van der Waals surface area contributed by atoms with Gasteiger partial charge < -0.3 is 15.0 Å². The van der Waals surface area contributed by atoms with Gasteiger partial charge in [-0.1, -0.05) is 12.1 Å². The van der Waals surface area contributed by atoms with E-state index in [4.69, 9.17) is 4.74 Å². The summed E-state index contributed by atoms with van der Waals surface area (Å²) in [7, 11) is 1.60. The van der Waals surface area contributed by atoms with Crippen LogP contribution >= 0.6 is 0 Å². The summed E-state index contributed by atoms with van der Waals surface area (Å²) < 4.78 is 44.9. The molecule has 1 aromatic heterocycles. The van der Waals surface area contributed by atoms with E-state index in [0.29, 0.717) is 31.0 Å². The summed E-state index contributed by atoms with van der Waals surface area (Å²) in [6, 6.07) is 16.2. The molecular weight excluding hydrogens is 433 g/mol. The molecule has 1 fully saturated rings. The molecule has 172 valence electrons. The molecule has 1 N–H and O–H groups in total. The highest BCUT2D eigenvalue weighted by Gasteiger charge is 2.34. The maximum Gasteiger partial charge on any atom is 0.418 e. The lowest BCUT2D eigenvalue weighted by molar-refractivity contribution is -0.137. The highest BCUT2D eigenvalue weighted by molar-refractivity contribution is 5.93. The highest BCUT2D eigenvalue weighted by Crippen LogP contribution is 2.35. The minimum Gasteiger partial charge on any atom is -0.497 e. The maximum atomic E-state index is 13.2. The fourth-order valence-electron chi connectivity index (χ4n) is 3.88. The molecule has 2 aromatic carbocycles. The molecule has 1 unspecified atom stereocenters. The Labute approximate surface area is 189 Å². The number of nitrogens with zero attached hydrogens (tertiary/aromatic N) is 3.